The van der Waals surface area contributed by atoms with Crippen LogP contribution in [0.2, 0.25) is 0 Å². The Morgan fingerprint density at radius 1 is 1.50 bits per heavy atom. The number of anilines is 1. The number of fused-ring (bicyclic) bond motifs is 1. The lowest BCUT2D eigenvalue weighted by molar-refractivity contribution is -0.129. The molecular formula is C16H23N3O. The number of para-hydroxylation sites is 1. The van der Waals surface area contributed by atoms with Gasteiger partial charge in [0.05, 0.1) is 5.41 Å². The molecule has 2 heterocycles. The highest BCUT2D eigenvalue weighted by atomic mass is 16.2. The van der Waals surface area contributed by atoms with Gasteiger partial charge in [0.25, 0.3) is 0 Å². The number of hydrogen-bond acceptors (Lipinski definition) is 3. The maximum absolute atomic E-state index is 12.0. The lowest BCUT2D eigenvalue weighted by Gasteiger charge is -2.23. The van der Waals surface area contributed by atoms with Crippen LogP contribution >= 0.6 is 0 Å². The Kier molecular flexibility index (Phi) is 3.42. The lowest BCUT2D eigenvalue weighted by Crippen LogP contribution is -2.39. The highest BCUT2D eigenvalue weighted by molar-refractivity contribution is 5.82. The van der Waals surface area contributed by atoms with Crippen LogP contribution in [0, 0.1) is 5.41 Å². The van der Waals surface area contributed by atoms with Gasteiger partial charge < -0.3 is 10.6 Å². The van der Waals surface area contributed by atoms with Crippen LogP contribution in [0.5, 0.6) is 0 Å². The molecule has 0 aliphatic carbocycles. The quantitative estimate of drug-likeness (QED) is 0.879. The normalized spacial score (nSPS) is 25.3. The molecule has 0 radical (unpaired) electrons. The summed E-state index contributed by atoms with van der Waals surface area (Å²) in [5.41, 5.74) is 3.87. The molecule has 1 fully saturated rings. The molecule has 1 amide bonds. The first kappa shape index (κ1) is 13.4. The summed E-state index contributed by atoms with van der Waals surface area (Å²) >= 11 is 0. The van der Waals surface area contributed by atoms with Crippen molar-refractivity contribution in [2.24, 2.45) is 5.41 Å². The van der Waals surface area contributed by atoms with E-state index >= 15 is 0 Å². The first-order chi connectivity index (χ1) is 9.62. The first-order valence-electron chi connectivity index (χ1n) is 7.41. The molecule has 1 saturated heterocycles. The van der Waals surface area contributed by atoms with Gasteiger partial charge in [-0.25, -0.2) is 0 Å². The molecule has 4 heteroatoms. The molecule has 0 aromatic heterocycles. The molecule has 0 bridgehead atoms. The highest BCUT2D eigenvalue weighted by Crippen LogP contribution is 2.33. The third-order valence-corrected chi connectivity index (χ3v) is 4.65. The summed E-state index contributed by atoms with van der Waals surface area (Å²) in [5, 5.41) is 6.29. The minimum absolute atomic E-state index is 0.163. The topological polar surface area (TPSA) is 44.4 Å². The second-order valence-corrected chi connectivity index (χ2v) is 6.23. The zero-order valence-corrected chi connectivity index (χ0v) is 12.3. The van der Waals surface area contributed by atoms with E-state index in [1.807, 2.05) is 0 Å². The van der Waals surface area contributed by atoms with Crippen molar-refractivity contribution in [3.05, 3.63) is 29.3 Å². The van der Waals surface area contributed by atoms with Gasteiger partial charge in [-0.1, -0.05) is 18.2 Å². The molecule has 1 aromatic carbocycles. The van der Waals surface area contributed by atoms with E-state index in [0.29, 0.717) is 0 Å². The Morgan fingerprint density at radius 3 is 3.15 bits per heavy atom. The van der Waals surface area contributed by atoms with Crippen molar-refractivity contribution in [3.63, 3.8) is 0 Å². The zero-order chi connectivity index (χ0) is 14.2. The molecule has 2 aliphatic heterocycles. The number of hydrogen-bond donors (Lipinski definition) is 2. The van der Waals surface area contributed by atoms with Crippen molar-refractivity contribution < 1.29 is 4.79 Å². The van der Waals surface area contributed by atoms with Crippen LogP contribution in [0.1, 0.15) is 24.5 Å². The Bertz CT molecular complexity index is 528. The largest absolute Gasteiger partial charge is 0.384 e. The van der Waals surface area contributed by atoms with Crippen molar-refractivity contribution in [2.45, 2.75) is 26.3 Å². The molecule has 1 atom stereocenters. The van der Waals surface area contributed by atoms with E-state index in [9.17, 15) is 4.79 Å². The second kappa shape index (κ2) is 5.09. The molecule has 20 heavy (non-hydrogen) atoms. The summed E-state index contributed by atoms with van der Waals surface area (Å²) in [4.78, 5) is 14.4. The molecule has 0 saturated carbocycles. The van der Waals surface area contributed by atoms with Gasteiger partial charge in [0.15, 0.2) is 0 Å². The number of amides is 1. The molecular weight excluding hydrogens is 250 g/mol. The van der Waals surface area contributed by atoms with E-state index in [-0.39, 0.29) is 11.3 Å². The summed E-state index contributed by atoms with van der Waals surface area (Å²) in [7, 11) is 1.73. The van der Waals surface area contributed by atoms with Gasteiger partial charge in [0.2, 0.25) is 5.91 Å². The Labute approximate surface area is 120 Å². The predicted molar refractivity (Wildman–Crippen MR) is 80.7 cm³/mol. The summed E-state index contributed by atoms with van der Waals surface area (Å²) in [5.74, 6) is 0.163. The maximum Gasteiger partial charge on any atom is 0.227 e. The van der Waals surface area contributed by atoms with Crippen LogP contribution < -0.4 is 10.6 Å². The van der Waals surface area contributed by atoms with Crippen LogP contribution in [0.4, 0.5) is 5.69 Å². The van der Waals surface area contributed by atoms with Crippen molar-refractivity contribution in [1.29, 1.82) is 0 Å². The van der Waals surface area contributed by atoms with Crippen molar-refractivity contribution in [3.8, 4) is 0 Å². The third-order valence-electron chi connectivity index (χ3n) is 4.65. The Hall–Kier alpha value is -1.55. The average molecular weight is 273 g/mol. The van der Waals surface area contributed by atoms with Crippen LogP contribution in [-0.4, -0.2) is 37.5 Å². The third kappa shape index (κ3) is 2.29. The standard InChI is InChI=1S/C16H23N3O/c1-16(15(20)17-2)7-9-19(11-16)10-13-5-3-4-12-6-8-18-14(12)13/h3-5,18H,6-11H2,1-2H3,(H,17,20). The van der Waals surface area contributed by atoms with Gasteiger partial charge in [0.1, 0.15) is 0 Å². The fourth-order valence-electron chi connectivity index (χ4n) is 3.46. The van der Waals surface area contributed by atoms with E-state index in [0.717, 1.165) is 39.0 Å². The number of benzene rings is 1. The second-order valence-electron chi connectivity index (χ2n) is 6.23. The Morgan fingerprint density at radius 2 is 2.35 bits per heavy atom. The van der Waals surface area contributed by atoms with Gasteiger partial charge in [0, 0.05) is 32.4 Å². The summed E-state index contributed by atoms with van der Waals surface area (Å²) in [6, 6.07) is 6.55. The van der Waals surface area contributed by atoms with Gasteiger partial charge in [-0.15, -0.1) is 0 Å². The molecule has 0 spiro atoms. The number of carbonyl (C=O) groups excluding carboxylic acids is 1. The van der Waals surface area contributed by atoms with E-state index in [1.54, 1.807) is 7.05 Å². The monoisotopic (exact) mass is 273 g/mol. The van der Waals surface area contributed by atoms with E-state index in [2.05, 4.69) is 40.7 Å². The zero-order valence-electron chi connectivity index (χ0n) is 12.3. The molecule has 2 aliphatic rings. The van der Waals surface area contributed by atoms with Crippen molar-refractivity contribution >= 4 is 11.6 Å². The molecule has 108 valence electrons. The first-order valence-corrected chi connectivity index (χ1v) is 7.41. The summed E-state index contributed by atoms with van der Waals surface area (Å²) in [6.45, 7) is 5.88. The molecule has 2 N–H and O–H groups in total. The summed E-state index contributed by atoms with van der Waals surface area (Å²) in [6.07, 6.45) is 2.06. The van der Waals surface area contributed by atoms with E-state index in [1.165, 1.54) is 16.8 Å². The number of nitrogens with zero attached hydrogens (tertiary/aromatic N) is 1. The fraction of sp³-hybridized carbons (Fsp3) is 0.562. The molecule has 3 rings (SSSR count). The van der Waals surface area contributed by atoms with Crippen molar-refractivity contribution in [2.75, 3.05) is 32.0 Å². The van der Waals surface area contributed by atoms with Gasteiger partial charge >= 0.3 is 0 Å². The minimum Gasteiger partial charge on any atom is -0.384 e. The lowest BCUT2D eigenvalue weighted by atomic mass is 9.89. The van der Waals surface area contributed by atoms with E-state index in [4.69, 9.17) is 0 Å². The van der Waals surface area contributed by atoms with Crippen LogP contribution in [0.3, 0.4) is 0 Å². The Balaban J connectivity index is 1.71. The minimum atomic E-state index is -0.236. The van der Waals surface area contributed by atoms with Gasteiger partial charge in [-0.2, -0.15) is 0 Å². The fourth-order valence-corrected chi connectivity index (χ4v) is 3.46. The number of likely N-dealkylation sites (tertiary alicyclic amines) is 1. The van der Waals surface area contributed by atoms with Crippen LogP contribution in [-0.2, 0) is 17.8 Å². The highest BCUT2D eigenvalue weighted by Gasteiger charge is 2.39. The smallest absolute Gasteiger partial charge is 0.227 e. The molecule has 4 nitrogen and oxygen atoms in total. The summed E-state index contributed by atoms with van der Waals surface area (Å²) < 4.78 is 0. The van der Waals surface area contributed by atoms with Crippen LogP contribution in [0.25, 0.3) is 0 Å². The van der Waals surface area contributed by atoms with E-state index < -0.39 is 0 Å². The molecule has 1 aromatic rings. The van der Waals surface area contributed by atoms with Crippen molar-refractivity contribution in [1.82, 2.24) is 10.2 Å². The number of rotatable bonds is 3. The van der Waals surface area contributed by atoms with Crippen LogP contribution in [0.15, 0.2) is 18.2 Å². The number of carbonyl (C=O) groups is 1. The van der Waals surface area contributed by atoms with Gasteiger partial charge in [-0.3, -0.25) is 9.69 Å². The SMILES string of the molecule is CNC(=O)C1(C)CCN(Cc2cccc3c2NCC3)C1. The average Bonchev–Trinajstić information content (AvgIpc) is 3.06. The molecule has 1 unspecified atom stereocenters. The number of nitrogens with one attached hydrogen (secondary N) is 2. The maximum atomic E-state index is 12.0. The predicted octanol–water partition coefficient (Wildman–Crippen LogP) is 1.61. The van der Waals surface area contributed by atoms with Gasteiger partial charge in [-0.05, 0) is 37.4 Å².